The first-order chi connectivity index (χ1) is 10.1. The first-order valence-corrected chi connectivity index (χ1v) is 8.46. The number of nitrogens with zero attached hydrogens (tertiary/aromatic N) is 1. The molecular weight excluding hydrogens is 286 g/mol. The molecular formula is C15H19N3O2S. The van der Waals surface area contributed by atoms with Gasteiger partial charge in [-0.15, -0.1) is 0 Å². The summed E-state index contributed by atoms with van der Waals surface area (Å²) in [5.41, 5.74) is 1.54. The summed E-state index contributed by atoms with van der Waals surface area (Å²) in [5.74, 6) is 0. The Morgan fingerprint density at radius 3 is 2.67 bits per heavy atom. The van der Waals surface area contributed by atoms with Gasteiger partial charge in [0, 0.05) is 31.5 Å². The highest BCUT2D eigenvalue weighted by atomic mass is 32.2. The molecule has 1 heterocycles. The van der Waals surface area contributed by atoms with Gasteiger partial charge in [0.05, 0.1) is 5.69 Å². The van der Waals surface area contributed by atoms with E-state index in [4.69, 9.17) is 0 Å². The van der Waals surface area contributed by atoms with Crippen LogP contribution in [0.2, 0.25) is 0 Å². The van der Waals surface area contributed by atoms with Gasteiger partial charge in [-0.25, -0.2) is 8.42 Å². The van der Waals surface area contributed by atoms with E-state index in [1.54, 1.807) is 31.4 Å². The van der Waals surface area contributed by atoms with Crippen molar-refractivity contribution in [2.24, 2.45) is 0 Å². The number of para-hydroxylation sites is 1. The van der Waals surface area contributed by atoms with Crippen LogP contribution >= 0.6 is 0 Å². The molecule has 0 aliphatic heterocycles. The van der Waals surface area contributed by atoms with Crippen molar-refractivity contribution in [3.8, 4) is 0 Å². The van der Waals surface area contributed by atoms with Gasteiger partial charge in [0.25, 0.3) is 10.0 Å². The monoisotopic (exact) mass is 305 g/mol. The zero-order chi connectivity index (χ0) is 14.9. The zero-order valence-corrected chi connectivity index (χ0v) is 12.7. The summed E-state index contributed by atoms with van der Waals surface area (Å²) in [4.78, 5) is 3.33. The number of hydrogen-bond acceptors (Lipinski definition) is 3. The quantitative estimate of drug-likeness (QED) is 0.859. The Hall–Kier alpha value is -1.79. The first-order valence-electron chi connectivity index (χ1n) is 7.02. The highest BCUT2D eigenvalue weighted by Gasteiger charge is 2.24. The van der Waals surface area contributed by atoms with E-state index in [1.165, 1.54) is 17.1 Å². The third-order valence-corrected chi connectivity index (χ3v) is 5.42. The minimum Gasteiger partial charge on any atom is -0.363 e. The molecule has 1 aliphatic rings. The van der Waals surface area contributed by atoms with Crippen molar-refractivity contribution in [1.82, 2.24) is 10.3 Å². The summed E-state index contributed by atoms with van der Waals surface area (Å²) < 4.78 is 26.5. The summed E-state index contributed by atoms with van der Waals surface area (Å²) in [6, 6.07) is 11.4. The summed E-state index contributed by atoms with van der Waals surface area (Å²) in [6.07, 6.45) is 3.98. The number of aromatic amines is 1. The van der Waals surface area contributed by atoms with E-state index in [9.17, 15) is 8.42 Å². The number of H-pyrrole nitrogens is 1. The lowest BCUT2D eigenvalue weighted by molar-refractivity contribution is 0.594. The van der Waals surface area contributed by atoms with Gasteiger partial charge in [0.1, 0.15) is 4.90 Å². The molecule has 1 aromatic carbocycles. The van der Waals surface area contributed by atoms with Crippen molar-refractivity contribution in [2.75, 3.05) is 11.4 Å². The van der Waals surface area contributed by atoms with Gasteiger partial charge in [-0.3, -0.25) is 4.31 Å². The zero-order valence-electron chi connectivity index (χ0n) is 11.9. The van der Waals surface area contributed by atoms with Crippen LogP contribution in [0.25, 0.3) is 0 Å². The van der Waals surface area contributed by atoms with Gasteiger partial charge in [-0.1, -0.05) is 18.2 Å². The van der Waals surface area contributed by atoms with Crippen LogP contribution in [0.3, 0.4) is 0 Å². The Morgan fingerprint density at radius 1 is 1.29 bits per heavy atom. The van der Waals surface area contributed by atoms with Gasteiger partial charge in [0.2, 0.25) is 0 Å². The molecule has 1 saturated carbocycles. The number of benzene rings is 1. The Bertz CT molecular complexity index is 706. The Kier molecular flexibility index (Phi) is 3.73. The second kappa shape index (κ2) is 5.54. The van der Waals surface area contributed by atoms with Crippen LogP contribution in [-0.2, 0) is 16.6 Å². The van der Waals surface area contributed by atoms with Crippen molar-refractivity contribution >= 4 is 15.7 Å². The summed E-state index contributed by atoms with van der Waals surface area (Å²) >= 11 is 0. The Morgan fingerprint density at radius 2 is 2.00 bits per heavy atom. The van der Waals surface area contributed by atoms with Crippen LogP contribution < -0.4 is 9.62 Å². The Balaban J connectivity index is 1.77. The van der Waals surface area contributed by atoms with Gasteiger partial charge >= 0.3 is 0 Å². The lowest BCUT2D eigenvalue weighted by Crippen LogP contribution is -2.26. The molecule has 1 aromatic heterocycles. The number of anilines is 1. The minimum atomic E-state index is -3.52. The molecule has 0 unspecified atom stereocenters. The second-order valence-electron chi connectivity index (χ2n) is 5.32. The predicted octanol–water partition coefficient (Wildman–Crippen LogP) is 2.09. The molecule has 0 atom stereocenters. The molecule has 3 rings (SSSR count). The molecule has 6 heteroatoms. The lowest BCUT2D eigenvalue weighted by Gasteiger charge is -2.18. The van der Waals surface area contributed by atoms with Crippen molar-refractivity contribution in [2.45, 2.75) is 30.3 Å². The maximum Gasteiger partial charge on any atom is 0.265 e. The van der Waals surface area contributed by atoms with Crippen molar-refractivity contribution in [3.63, 3.8) is 0 Å². The van der Waals surface area contributed by atoms with E-state index in [-0.39, 0.29) is 0 Å². The van der Waals surface area contributed by atoms with Gasteiger partial charge < -0.3 is 10.3 Å². The summed E-state index contributed by atoms with van der Waals surface area (Å²) in [5, 5.41) is 3.36. The molecule has 5 nitrogen and oxygen atoms in total. The molecule has 2 N–H and O–H groups in total. The standard InChI is InChI=1S/C15H19N3O2S/c1-18(14-5-3-2-4-6-14)21(19,20)15-9-13(17-11-15)10-16-12-7-8-12/h2-6,9,11-12,16-17H,7-8,10H2,1H3. The molecule has 21 heavy (non-hydrogen) atoms. The second-order valence-corrected chi connectivity index (χ2v) is 7.29. The molecule has 1 fully saturated rings. The van der Waals surface area contributed by atoms with E-state index in [0.29, 0.717) is 23.2 Å². The van der Waals surface area contributed by atoms with Crippen LogP contribution in [0.4, 0.5) is 5.69 Å². The topological polar surface area (TPSA) is 65.2 Å². The fourth-order valence-corrected chi connectivity index (χ4v) is 3.36. The van der Waals surface area contributed by atoms with E-state index >= 15 is 0 Å². The maximum atomic E-state index is 12.6. The molecule has 2 aromatic rings. The maximum absolute atomic E-state index is 12.6. The fraction of sp³-hybridized carbons (Fsp3) is 0.333. The first kappa shape index (κ1) is 14.2. The van der Waals surface area contributed by atoms with Crippen molar-refractivity contribution in [1.29, 1.82) is 0 Å². The number of hydrogen-bond donors (Lipinski definition) is 2. The number of rotatable bonds is 6. The average molecular weight is 305 g/mol. The molecule has 1 aliphatic carbocycles. The minimum absolute atomic E-state index is 0.293. The third-order valence-electron chi connectivity index (χ3n) is 3.65. The number of aromatic nitrogens is 1. The predicted molar refractivity (Wildman–Crippen MR) is 82.7 cm³/mol. The fourth-order valence-electron chi connectivity index (χ4n) is 2.15. The SMILES string of the molecule is CN(c1ccccc1)S(=O)(=O)c1c[nH]c(CNC2CC2)c1. The lowest BCUT2D eigenvalue weighted by atomic mass is 10.3. The van der Waals surface area contributed by atoms with Gasteiger partial charge in [0.15, 0.2) is 0 Å². The largest absolute Gasteiger partial charge is 0.363 e. The summed E-state index contributed by atoms with van der Waals surface area (Å²) in [7, 11) is -1.95. The van der Waals surface area contributed by atoms with E-state index in [2.05, 4.69) is 10.3 Å². The Labute approximate surface area is 125 Å². The highest BCUT2D eigenvalue weighted by molar-refractivity contribution is 7.92. The van der Waals surface area contributed by atoms with Crippen LogP contribution in [-0.4, -0.2) is 26.5 Å². The highest BCUT2D eigenvalue weighted by Crippen LogP contribution is 2.23. The van der Waals surface area contributed by atoms with Crippen molar-refractivity contribution < 1.29 is 8.42 Å². The summed E-state index contributed by atoms with van der Waals surface area (Å²) in [6.45, 7) is 0.676. The molecule has 0 amide bonds. The molecule has 112 valence electrons. The molecule has 0 radical (unpaired) electrons. The van der Waals surface area contributed by atoms with E-state index in [1.807, 2.05) is 18.2 Å². The number of sulfonamides is 1. The average Bonchev–Trinajstić information content (AvgIpc) is 3.21. The van der Waals surface area contributed by atoms with E-state index in [0.717, 1.165) is 5.69 Å². The van der Waals surface area contributed by atoms with Crippen LogP contribution in [0.5, 0.6) is 0 Å². The third kappa shape index (κ3) is 3.11. The van der Waals surface area contributed by atoms with Gasteiger partial charge in [-0.05, 0) is 31.0 Å². The molecule has 0 saturated heterocycles. The number of nitrogens with one attached hydrogen (secondary N) is 2. The van der Waals surface area contributed by atoms with Gasteiger partial charge in [-0.2, -0.15) is 0 Å². The van der Waals surface area contributed by atoms with E-state index < -0.39 is 10.0 Å². The molecule has 0 bridgehead atoms. The smallest absolute Gasteiger partial charge is 0.265 e. The van der Waals surface area contributed by atoms with Crippen LogP contribution in [0.15, 0.2) is 47.5 Å². The van der Waals surface area contributed by atoms with Crippen molar-refractivity contribution in [3.05, 3.63) is 48.3 Å². The van der Waals surface area contributed by atoms with Crippen LogP contribution in [0, 0.1) is 0 Å². The molecule has 0 spiro atoms. The van der Waals surface area contributed by atoms with Crippen LogP contribution in [0.1, 0.15) is 18.5 Å². The normalized spacial score (nSPS) is 15.1.